The highest BCUT2D eigenvalue weighted by Crippen LogP contribution is 2.48. The van der Waals surface area contributed by atoms with E-state index in [1.54, 1.807) is 36.4 Å². The van der Waals surface area contributed by atoms with Crippen LogP contribution in [0.4, 0.5) is 51.3 Å². The molecule has 3 atom stereocenters. The maximum Gasteiger partial charge on any atom is 0.177 e. The van der Waals surface area contributed by atoms with Gasteiger partial charge in [-0.25, -0.2) is 93.5 Å². The number of anilines is 8. The number of nitrogens with two attached hydrogens (primary N) is 2. The molecule has 0 radical (unpaired) electrons. The van der Waals surface area contributed by atoms with Crippen LogP contribution in [0.1, 0.15) is 261 Å². The zero-order valence-corrected chi connectivity index (χ0v) is 88.8. The molecule has 40 heteroatoms. The number of nitrogens with one attached hydrogen (secondary N) is 3. The van der Waals surface area contributed by atoms with Gasteiger partial charge in [0.1, 0.15) is 92.0 Å². The fraction of sp³-hybridized carbons (Fsp3) is 0.423. The molecule has 3 saturated heterocycles. The molecule has 0 spiro atoms. The highest BCUT2D eigenvalue weighted by molar-refractivity contribution is 7.91. The lowest BCUT2D eigenvalue weighted by molar-refractivity contribution is -0.0310. The predicted molar refractivity (Wildman–Crippen MR) is 564 cm³/mol. The van der Waals surface area contributed by atoms with Crippen LogP contribution in [0.2, 0.25) is 15.3 Å². The number of hydrogen-bond acceptors (Lipinski definition) is 30. The summed E-state index contributed by atoms with van der Waals surface area (Å²) in [4.78, 5) is 64.5. The highest BCUT2D eigenvalue weighted by Gasteiger charge is 2.34. The molecular weight excluding hydrogens is 1970 g/mol. The molecule has 4 aliphatic heterocycles. The zero-order chi connectivity index (χ0) is 102. The van der Waals surface area contributed by atoms with Gasteiger partial charge in [0.15, 0.2) is 56.3 Å². The van der Waals surface area contributed by atoms with E-state index < -0.39 is 39.3 Å². The van der Waals surface area contributed by atoms with Crippen molar-refractivity contribution in [3.05, 3.63) is 233 Å². The molecule has 22 rings (SSSR count). The molecule has 14 aromatic rings. The molecule has 7 N–H and O–H groups in total. The smallest absolute Gasteiger partial charge is 0.177 e. The minimum absolute atomic E-state index is 0.00853. The lowest BCUT2D eigenvalue weighted by atomic mass is 10.1. The number of aromatic nitrogens is 16. The Kier molecular flexibility index (Phi) is 31.1. The first-order chi connectivity index (χ1) is 68.4. The standard InChI is InChI=1S/C29H34N6O3S.C25H27N5O2S.C22H25ClN4O3S.C12H13Cl2N3O.C10H13NO2S.C6H9N3/c1-17-13-22(31-18(2)30-17)15-23-16-25(28-29(33-23)35(19(3)32-28)27-7-5-6-12-38-27)34-24-11-10-21(20-8-9-20)14-26(24)39(4,36)37;1-14-9-19(28-16(3)26-14)12-20-13-23(25-22(29-20)10-15(2)27-25)30-21-8-7-18(17-5-6-17)11-24(21)33(4,31)32;1-13-24-21-17(12-19(23)26-22(21)27(13)20-5-3-4-10-30-20)25-16-9-8-15(14-6-7-14)11-18(16)31(2,28)29;1-7-15-11-8(13)6-9(14)16-12(11)17(7)10-4-2-3-5-18-10;1-14(12,13)10-6-8(7-2-3-7)4-5-9(10)11;1-4-3-6(7)9-5(2)8-4/h10-11,13-14,16,20,27H,5-9,12,15H2,1-4H3,(H,33,34);7-9,11,13,17H,5-6,10,12H2,1-4H3,(H,29,30);8-9,11-12,14,20H,3-7,10H2,1-2H3,(H,25,26);6,10H,2-5H2,1H3;4-7H,2-3,11H2,1H3;3H,1-2H3,(H2,7,8,9). The van der Waals surface area contributed by atoms with Gasteiger partial charge < -0.3 is 41.6 Å². The normalized spacial score (nSPS) is 17.4. The second kappa shape index (κ2) is 43.2. The van der Waals surface area contributed by atoms with Crippen LogP contribution in [-0.2, 0) is 72.8 Å². The van der Waals surface area contributed by atoms with Crippen molar-refractivity contribution in [2.75, 3.05) is 72.3 Å². The van der Waals surface area contributed by atoms with Crippen LogP contribution in [0, 0.1) is 62.3 Å². The van der Waals surface area contributed by atoms with Crippen LogP contribution in [-0.4, -0.2) is 163 Å². The van der Waals surface area contributed by atoms with E-state index in [1.165, 1.54) is 25.0 Å². The first kappa shape index (κ1) is 104. The number of rotatable bonds is 21. The zero-order valence-electron chi connectivity index (χ0n) is 83.3. The summed E-state index contributed by atoms with van der Waals surface area (Å²) in [5.74, 6) is 7.11. The van der Waals surface area contributed by atoms with Crippen molar-refractivity contribution in [1.82, 2.24) is 78.5 Å². The molecule has 4 aliphatic carbocycles. The fourth-order valence-electron chi connectivity index (χ4n) is 18.8. The maximum absolute atomic E-state index is 12.8. The number of halogens is 3. The monoisotopic (exact) mass is 2090 g/mol. The number of imidazole rings is 3. The number of aryl methyl sites for hydroxylation is 9. The third-order valence-corrected chi connectivity index (χ3v) is 31.2. The lowest BCUT2D eigenvalue weighted by Gasteiger charge is -2.25. The summed E-state index contributed by atoms with van der Waals surface area (Å²) in [6, 6.07) is 35.3. The number of fused-ring (bicyclic) bond motifs is 4. The van der Waals surface area contributed by atoms with Crippen LogP contribution < -0.4 is 27.4 Å². The SMILES string of the molecule is CC1=Nc2c(Nc3ccc(C4CC4)cc3S(C)(=O)=O)cc(Cc3cc(C)nc(C)n3)nc2C1.CS(=O)(=O)c1cc(C2CC2)ccc1N.Cc1cc(Cc2cc(Nc3ccc(C4CC4)cc3S(C)(=O)=O)c3nc(C)n(C4CCCCO4)c3n2)nc(C)n1.Cc1cc(N)nc(C)n1.Cc1nc2c(Cl)cc(Cl)nc2n1C1CCCCO1.Cc1nc2c(Nc3ccc(C4CC4)cc3S(C)(=O)=O)cc(Cl)nc2n1C1CCCCO1. The van der Waals surface area contributed by atoms with Crippen molar-refractivity contribution >= 4 is 165 Å². The van der Waals surface area contributed by atoms with Crippen molar-refractivity contribution in [3.8, 4) is 0 Å². The van der Waals surface area contributed by atoms with Crippen molar-refractivity contribution in [2.24, 2.45) is 4.99 Å². The summed E-state index contributed by atoms with van der Waals surface area (Å²) in [6.07, 6.45) is 24.7. The summed E-state index contributed by atoms with van der Waals surface area (Å²) in [5.41, 5.74) is 32.3. The topological polar surface area (TPSA) is 447 Å². The van der Waals surface area contributed by atoms with Gasteiger partial charge in [0, 0.05) is 105 Å². The van der Waals surface area contributed by atoms with E-state index >= 15 is 0 Å². The van der Waals surface area contributed by atoms with Crippen LogP contribution in [0.5, 0.6) is 0 Å². The maximum atomic E-state index is 12.8. The summed E-state index contributed by atoms with van der Waals surface area (Å²) in [7, 11) is -13.5. The van der Waals surface area contributed by atoms with Gasteiger partial charge in [-0.2, -0.15) is 0 Å². The molecule has 4 saturated carbocycles. The summed E-state index contributed by atoms with van der Waals surface area (Å²) in [6.45, 7) is 21.4. The average Bonchev–Trinajstić information content (AvgIpc) is 1.57. The molecule has 8 aliphatic rings. The number of benzene rings is 4. The number of sulfone groups is 4. The molecule has 144 heavy (non-hydrogen) atoms. The molecule has 0 amide bonds. The number of nitrogens with zero attached hydrogens (tertiary/aromatic N) is 17. The highest BCUT2D eigenvalue weighted by atomic mass is 35.5. The minimum atomic E-state index is -3.46. The molecule has 14 heterocycles. The van der Waals surface area contributed by atoms with Crippen LogP contribution in [0.15, 0.2) is 140 Å². The van der Waals surface area contributed by atoms with Gasteiger partial charge in [0.05, 0.1) is 87.2 Å². The Morgan fingerprint density at radius 2 is 0.694 bits per heavy atom. The van der Waals surface area contributed by atoms with Crippen molar-refractivity contribution < 1.29 is 47.9 Å². The van der Waals surface area contributed by atoms with E-state index in [0.717, 1.165) is 241 Å². The molecule has 758 valence electrons. The largest absolute Gasteiger partial charge is 0.398 e. The molecule has 7 fully saturated rings. The summed E-state index contributed by atoms with van der Waals surface area (Å²) in [5, 5.41) is 11.3. The average molecular weight is 2090 g/mol. The van der Waals surface area contributed by atoms with E-state index in [4.69, 9.17) is 80.4 Å². The number of aliphatic imine (C=N–C) groups is 1. The Balaban J connectivity index is 0.000000125. The van der Waals surface area contributed by atoms with Gasteiger partial charge in [-0.1, -0.05) is 59.1 Å². The van der Waals surface area contributed by atoms with E-state index in [9.17, 15) is 33.7 Å². The molecular formula is C104H121Cl3N22O11S4. The van der Waals surface area contributed by atoms with Crippen LogP contribution >= 0.6 is 34.8 Å². The van der Waals surface area contributed by atoms with E-state index in [-0.39, 0.29) is 28.5 Å². The number of nitrogen functional groups attached to an aromatic ring is 2. The molecule has 10 aromatic heterocycles. The Morgan fingerprint density at radius 1 is 0.347 bits per heavy atom. The van der Waals surface area contributed by atoms with Gasteiger partial charge in [-0.15, -0.1) is 0 Å². The Morgan fingerprint density at radius 3 is 1.08 bits per heavy atom. The predicted octanol–water partition coefficient (Wildman–Crippen LogP) is 21.3. The third kappa shape index (κ3) is 25.5. The number of pyridine rings is 4. The molecule has 33 nitrogen and oxygen atoms in total. The lowest BCUT2D eigenvalue weighted by Crippen LogP contribution is -2.19. The van der Waals surface area contributed by atoms with Crippen LogP contribution in [0.3, 0.4) is 0 Å². The molecule has 4 aromatic carbocycles. The van der Waals surface area contributed by atoms with Crippen molar-refractivity contribution in [2.45, 2.75) is 260 Å². The minimum Gasteiger partial charge on any atom is -0.398 e. The Bertz CT molecular complexity index is 7710. The van der Waals surface area contributed by atoms with Gasteiger partial charge in [-0.3, -0.25) is 23.7 Å². The molecule has 3 unspecified atom stereocenters. The Hall–Kier alpha value is -11.7. The van der Waals surface area contributed by atoms with Gasteiger partial charge in [0.25, 0.3) is 0 Å². The number of ether oxygens (including phenoxy) is 3. The summed E-state index contributed by atoms with van der Waals surface area (Å²) < 4.78 is 123. The fourth-order valence-corrected chi connectivity index (χ4v) is 23.0. The van der Waals surface area contributed by atoms with Crippen LogP contribution in [0.25, 0.3) is 33.5 Å². The summed E-state index contributed by atoms with van der Waals surface area (Å²) >= 11 is 18.5. The van der Waals surface area contributed by atoms with E-state index in [2.05, 4.69) is 70.4 Å². The van der Waals surface area contributed by atoms with Crippen molar-refractivity contribution in [3.63, 3.8) is 0 Å². The quantitative estimate of drug-likeness (QED) is 0.0329. The van der Waals surface area contributed by atoms with Gasteiger partial charge in [0.2, 0.25) is 0 Å². The Labute approximate surface area is 855 Å². The van der Waals surface area contributed by atoms with E-state index in [1.807, 2.05) is 157 Å². The second-order valence-electron chi connectivity index (χ2n) is 38.7. The van der Waals surface area contributed by atoms with Gasteiger partial charge >= 0.3 is 0 Å². The first-order valence-corrected chi connectivity index (χ1v) is 57.3. The first-order valence-electron chi connectivity index (χ1n) is 48.6. The van der Waals surface area contributed by atoms with Gasteiger partial charge in [-0.05, 0) is 303 Å². The molecule has 0 bridgehead atoms. The van der Waals surface area contributed by atoms with E-state index in [0.29, 0.717) is 149 Å². The third-order valence-electron chi connectivity index (χ3n) is 26.0. The number of hydrogen-bond donors (Lipinski definition) is 5. The van der Waals surface area contributed by atoms with Crippen molar-refractivity contribution in [1.29, 1.82) is 0 Å². The second-order valence-corrected chi connectivity index (χ2v) is 47.8.